The van der Waals surface area contributed by atoms with Crippen LogP contribution in [0.15, 0.2) is 66.7 Å². The lowest BCUT2D eigenvalue weighted by Gasteiger charge is -2.36. The van der Waals surface area contributed by atoms with Gasteiger partial charge in [0.25, 0.3) is 0 Å². The molecule has 0 amide bonds. The van der Waals surface area contributed by atoms with Crippen molar-refractivity contribution in [3.8, 4) is 23.0 Å². The Morgan fingerprint density at radius 2 is 1.10 bits per heavy atom. The van der Waals surface area contributed by atoms with Gasteiger partial charge in [-0.05, 0) is 64.8 Å². The van der Waals surface area contributed by atoms with Crippen molar-refractivity contribution in [1.29, 1.82) is 0 Å². The lowest BCUT2D eigenvalue weighted by Crippen LogP contribution is -2.34. The van der Waals surface area contributed by atoms with Crippen LogP contribution in [0, 0.1) is 0 Å². The smallest absolute Gasteiger partial charge is 0.338 e. The second-order valence-corrected chi connectivity index (χ2v) is 13.0. The molecular formula is C38H48O10. The van der Waals surface area contributed by atoms with E-state index >= 15 is 0 Å². The molecule has 2 unspecified atom stereocenters. The van der Waals surface area contributed by atoms with Crippen LogP contribution >= 0.6 is 0 Å². The third kappa shape index (κ3) is 10.1. The SMILES string of the molecule is COC(=O)c1cc(OCCCOc2ccccc2C2OCCC(C)(C)O2)cc(OCCCOc2ccccc2C2OCCC(C)(C)O2)c1. The fourth-order valence-corrected chi connectivity index (χ4v) is 5.35. The number of para-hydroxylation sites is 2. The molecule has 10 heteroatoms. The van der Waals surface area contributed by atoms with Crippen molar-refractivity contribution in [3.63, 3.8) is 0 Å². The van der Waals surface area contributed by atoms with Crippen LogP contribution in [-0.4, -0.2) is 63.9 Å². The van der Waals surface area contributed by atoms with Gasteiger partial charge in [-0.25, -0.2) is 4.79 Å². The van der Waals surface area contributed by atoms with E-state index in [0.717, 1.165) is 35.5 Å². The summed E-state index contributed by atoms with van der Waals surface area (Å²) in [6, 6.07) is 20.6. The van der Waals surface area contributed by atoms with Gasteiger partial charge in [-0.2, -0.15) is 0 Å². The highest BCUT2D eigenvalue weighted by molar-refractivity contribution is 5.90. The zero-order valence-corrected chi connectivity index (χ0v) is 28.7. The molecule has 0 bridgehead atoms. The average molecular weight is 665 g/mol. The summed E-state index contributed by atoms with van der Waals surface area (Å²) in [5.41, 5.74) is 1.55. The fraction of sp³-hybridized carbons (Fsp3) is 0.500. The lowest BCUT2D eigenvalue weighted by atomic mass is 10.0. The van der Waals surface area contributed by atoms with Crippen LogP contribution in [0.5, 0.6) is 23.0 Å². The number of benzene rings is 3. The zero-order chi connectivity index (χ0) is 34.0. The van der Waals surface area contributed by atoms with Crippen molar-refractivity contribution in [1.82, 2.24) is 0 Å². The first-order chi connectivity index (χ1) is 23.1. The maximum absolute atomic E-state index is 12.4. The number of ether oxygens (including phenoxy) is 9. The number of carbonyl (C=O) groups excluding carboxylic acids is 1. The van der Waals surface area contributed by atoms with E-state index in [1.54, 1.807) is 18.2 Å². The quantitative estimate of drug-likeness (QED) is 0.119. The molecule has 10 nitrogen and oxygen atoms in total. The summed E-state index contributed by atoms with van der Waals surface area (Å²) in [7, 11) is 1.34. The largest absolute Gasteiger partial charge is 0.493 e. The number of hydrogen-bond donors (Lipinski definition) is 0. The highest BCUT2D eigenvalue weighted by Gasteiger charge is 2.33. The first-order valence-electron chi connectivity index (χ1n) is 16.6. The second-order valence-electron chi connectivity index (χ2n) is 13.0. The summed E-state index contributed by atoms with van der Waals surface area (Å²) in [5.74, 6) is 1.96. The maximum Gasteiger partial charge on any atom is 0.338 e. The number of carbonyl (C=O) groups is 1. The number of methoxy groups -OCH3 is 1. The average Bonchev–Trinajstić information content (AvgIpc) is 3.07. The minimum absolute atomic E-state index is 0.261. The predicted molar refractivity (Wildman–Crippen MR) is 179 cm³/mol. The predicted octanol–water partition coefficient (Wildman–Crippen LogP) is 7.60. The molecule has 2 atom stereocenters. The van der Waals surface area contributed by atoms with Crippen LogP contribution in [-0.2, 0) is 23.7 Å². The highest BCUT2D eigenvalue weighted by atomic mass is 16.7. The van der Waals surface area contributed by atoms with Crippen molar-refractivity contribution in [3.05, 3.63) is 83.4 Å². The topological polar surface area (TPSA) is 100 Å². The minimum Gasteiger partial charge on any atom is -0.493 e. The molecule has 5 rings (SSSR count). The van der Waals surface area contributed by atoms with Crippen LogP contribution in [0.25, 0.3) is 0 Å². The van der Waals surface area contributed by atoms with Crippen molar-refractivity contribution in [2.75, 3.05) is 46.8 Å². The Bertz CT molecular complexity index is 1390. The molecule has 2 aliphatic rings. The summed E-state index contributed by atoms with van der Waals surface area (Å²) < 4.78 is 53.2. The molecule has 2 fully saturated rings. The second kappa shape index (κ2) is 16.5. The van der Waals surface area contributed by atoms with E-state index in [0.29, 0.717) is 69.5 Å². The Morgan fingerprint density at radius 1 is 0.667 bits per heavy atom. The van der Waals surface area contributed by atoms with Crippen LogP contribution in [0.2, 0.25) is 0 Å². The summed E-state index contributed by atoms with van der Waals surface area (Å²) in [6.45, 7) is 11.1. The first-order valence-corrected chi connectivity index (χ1v) is 16.6. The summed E-state index contributed by atoms with van der Waals surface area (Å²) in [6.07, 6.45) is 1.95. The third-order valence-corrected chi connectivity index (χ3v) is 8.08. The van der Waals surface area contributed by atoms with Gasteiger partial charge in [-0.3, -0.25) is 0 Å². The normalized spacial score (nSPS) is 20.0. The van der Waals surface area contributed by atoms with E-state index < -0.39 is 18.5 Å². The monoisotopic (exact) mass is 664 g/mol. The van der Waals surface area contributed by atoms with Gasteiger partial charge in [-0.15, -0.1) is 0 Å². The Kier molecular flexibility index (Phi) is 12.2. The van der Waals surface area contributed by atoms with Crippen LogP contribution < -0.4 is 18.9 Å². The fourth-order valence-electron chi connectivity index (χ4n) is 5.35. The minimum atomic E-state index is -0.476. The molecule has 260 valence electrons. The van der Waals surface area contributed by atoms with Crippen molar-refractivity contribution in [2.45, 2.75) is 77.2 Å². The summed E-state index contributed by atoms with van der Waals surface area (Å²) in [5, 5.41) is 0. The van der Waals surface area contributed by atoms with E-state index in [-0.39, 0.29) is 11.2 Å². The molecule has 2 aliphatic heterocycles. The van der Waals surface area contributed by atoms with Gasteiger partial charge in [-0.1, -0.05) is 36.4 Å². The van der Waals surface area contributed by atoms with E-state index in [1.165, 1.54) is 7.11 Å². The van der Waals surface area contributed by atoms with Gasteiger partial charge in [0, 0.05) is 30.0 Å². The highest BCUT2D eigenvalue weighted by Crippen LogP contribution is 2.38. The molecular weight excluding hydrogens is 616 g/mol. The summed E-state index contributed by atoms with van der Waals surface area (Å²) in [4.78, 5) is 12.4. The van der Waals surface area contributed by atoms with Gasteiger partial charge >= 0.3 is 5.97 Å². The first kappa shape index (κ1) is 35.5. The van der Waals surface area contributed by atoms with Gasteiger partial charge in [0.15, 0.2) is 12.6 Å². The van der Waals surface area contributed by atoms with Crippen LogP contribution in [0.1, 0.15) is 87.4 Å². The zero-order valence-electron chi connectivity index (χ0n) is 28.7. The van der Waals surface area contributed by atoms with Crippen LogP contribution in [0.3, 0.4) is 0 Å². The van der Waals surface area contributed by atoms with Gasteiger partial charge < -0.3 is 42.6 Å². The Labute approximate surface area is 283 Å². The number of rotatable bonds is 15. The molecule has 3 aromatic rings. The molecule has 0 spiro atoms. The lowest BCUT2D eigenvalue weighted by molar-refractivity contribution is -0.250. The van der Waals surface area contributed by atoms with Crippen molar-refractivity contribution in [2.24, 2.45) is 0 Å². The van der Waals surface area contributed by atoms with E-state index in [9.17, 15) is 4.79 Å². The molecule has 0 radical (unpaired) electrons. The summed E-state index contributed by atoms with van der Waals surface area (Å²) >= 11 is 0. The maximum atomic E-state index is 12.4. The Hall–Kier alpha value is -3.83. The Balaban J connectivity index is 1.10. The molecule has 2 saturated heterocycles. The van der Waals surface area contributed by atoms with Gasteiger partial charge in [0.05, 0.1) is 63.5 Å². The molecule has 48 heavy (non-hydrogen) atoms. The molecule has 0 saturated carbocycles. The number of hydrogen-bond acceptors (Lipinski definition) is 10. The van der Waals surface area contributed by atoms with Crippen molar-refractivity contribution < 1.29 is 47.4 Å². The van der Waals surface area contributed by atoms with E-state index in [4.69, 9.17) is 42.6 Å². The number of esters is 1. The van der Waals surface area contributed by atoms with Crippen molar-refractivity contribution >= 4 is 5.97 Å². The molecule has 0 N–H and O–H groups in total. The van der Waals surface area contributed by atoms with E-state index in [1.807, 2.05) is 48.5 Å². The van der Waals surface area contributed by atoms with Gasteiger partial charge in [0.2, 0.25) is 0 Å². The van der Waals surface area contributed by atoms with Gasteiger partial charge in [0.1, 0.15) is 23.0 Å². The Morgan fingerprint density at radius 3 is 1.54 bits per heavy atom. The molecule has 2 heterocycles. The molecule has 3 aromatic carbocycles. The standard InChI is InChI=1S/C38H48O10/c1-37(2)16-22-45-35(47-37)30-12-6-8-14-32(30)43-20-10-18-41-28-24-27(34(39)40-5)25-29(26-28)42-19-11-21-44-33-15-9-7-13-31(33)36-46-23-17-38(3,4)48-36/h6-9,12-15,24-26,35-36H,10-11,16-23H2,1-5H3. The molecule has 0 aromatic heterocycles. The van der Waals surface area contributed by atoms with Crippen LogP contribution in [0.4, 0.5) is 0 Å². The third-order valence-electron chi connectivity index (χ3n) is 8.08. The molecule has 0 aliphatic carbocycles. The van der Waals surface area contributed by atoms with E-state index in [2.05, 4.69) is 27.7 Å².